The van der Waals surface area contributed by atoms with E-state index in [9.17, 15) is 12.8 Å². The van der Waals surface area contributed by atoms with Crippen molar-refractivity contribution in [2.75, 3.05) is 4.72 Å². The predicted molar refractivity (Wildman–Crippen MR) is 81.0 cm³/mol. The van der Waals surface area contributed by atoms with E-state index in [0.29, 0.717) is 0 Å². The molecule has 0 bridgehead atoms. The zero-order valence-electron chi connectivity index (χ0n) is 11.9. The smallest absolute Gasteiger partial charge is 0.261 e. The van der Waals surface area contributed by atoms with Crippen molar-refractivity contribution in [1.29, 1.82) is 0 Å². The molecule has 0 aliphatic heterocycles. The minimum absolute atomic E-state index is 0.0634. The van der Waals surface area contributed by atoms with Gasteiger partial charge in [0.05, 0.1) is 10.6 Å². The molecular formula is C15H17FN2O2S. The summed E-state index contributed by atoms with van der Waals surface area (Å²) in [6, 6.07) is 8.98. The van der Waals surface area contributed by atoms with Crippen molar-refractivity contribution in [3.8, 4) is 0 Å². The Balaban J connectivity index is 2.38. The molecule has 3 N–H and O–H groups in total. The number of sulfonamides is 1. The van der Waals surface area contributed by atoms with Gasteiger partial charge in [0.15, 0.2) is 0 Å². The summed E-state index contributed by atoms with van der Waals surface area (Å²) in [7, 11) is -3.84. The molecule has 4 nitrogen and oxygen atoms in total. The summed E-state index contributed by atoms with van der Waals surface area (Å²) in [6.07, 6.45) is 0. The minimum Gasteiger partial charge on any atom is -0.326 e. The van der Waals surface area contributed by atoms with Gasteiger partial charge in [0.25, 0.3) is 10.0 Å². The average molecular weight is 308 g/mol. The Hall–Kier alpha value is -1.92. The van der Waals surface area contributed by atoms with Gasteiger partial charge in [-0.25, -0.2) is 12.8 Å². The monoisotopic (exact) mass is 308 g/mol. The summed E-state index contributed by atoms with van der Waals surface area (Å²) >= 11 is 0. The van der Waals surface area contributed by atoms with E-state index >= 15 is 0 Å². The Morgan fingerprint density at radius 3 is 2.48 bits per heavy atom. The maximum atomic E-state index is 13.8. The van der Waals surface area contributed by atoms with Crippen LogP contribution in [0.5, 0.6) is 0 Å². The lowest BCUT2D eigenvalue weighted by Gasteiger charge is -2.11. The number of aryl methyl sites for hydroxylation is 2. The van der Waals surface area contributed by atoms with Crippen molar-refractivity contribution < 1.29 is 12.8 Å². The molecule has 0 aliphatic carbocycles. The Kier molecular flexibility index (Phi) is 4.29. The van der Waals surface area contributed by atoms with Gasteiger partial charge in [0.2, 0.25) is 0 Å². The maximum Gasteiger partial charge on any atom is 0.261 e. The lowest BCUT2D eigenvalue weighted by molar-refractivity contribution is 0.598. The average Bonchev–Trinajstić information content (AvgIpc) is 2.42. The van der Waals surface area contributed by atoms with Crippen molar-refractivity contribution in [3.05, 3.63) is 58.9 Å². The van der Waals surface area contributed by atoms with Crippen LogP contribution < -0.4 is 10.5 Å². The number of hydrogen-bond donors (Lipinski definition) is 2. The zero-order chi connectivity index (χ0) is 15.6. The van der Waals surface area contributed by atoms with Gasteiger partial charge in [-0.2, -0.15) is 0 Å². The molecule has 6 heteroatoms. The van der Waals surface area contributed by atoms with Crippen LogP contribution in [0.4, 0.5) is 10.1 Å². The third-order valence-electron chi connectivity index (χ3n) is 3.22. The SMILES string of the molecule is Cc1ccc(NS(=O)(=O)c2ccc(C)c(CN)c2)c(F)c1. The van der Waals surface area contributed by atoms with Gasteiger partial charge in [-0.1, -0.05) is 12.1 Å². The Morgan fingerprint density at radius 1 is 1.14 bits per heavy atom. The summed E-state index contributed by atoms with van der Waals surface area (Å²) in [5, 5.41) is 0. The van der Waals surface area contributed by atoms with E-state index in [2.05, 4.69) is 4.72 Å². The second-order valence-corrected chi connectivity index (χ2v) is 6.56. The highest BCUT2D eigenvalue weighted by Gasteiger charge is 2.17. The highest BCUT2D eigenvalue weighted by molar-refractivity contribution is 7.92. The van der Waals surface area contributed by atoms with Crippen LogP contribution in [0.15, 0.2) is 41.3 Å². The number of nitrogens with two attached hydrogens (primary N) is 1. The molecule has 0 amide bonds. The molecule has 2 rings (SSSR count). The summed E-state index contributed by atoms with van der Waals surface area (Å²) in [4.78, 5) is 0.0634. The van der Waals surface area contributed by atoms with Gasteiger partial charge < -0.3 is 5.73 Å². The number of rotatable bonds is 4. The molecule has 0 radical (unpaired) electrons. The molecule has 0 saturated heterocycles. The van der Waals surface area contributed by atoms with Crippen LogP contribution >= 0.6 is 0 Å². The minimum atomic E-state index is -3.84. The van der Waals surface area contributed by atoms with E-state index in [1.54, 1.807) is 19.1 Å². The van der Waals surface area contributed by atoms with Gasteiger partial charge in [-0.05, 0) is 54.8 Å². The van der Waals surface area contributed by atoms with Gasteiger partial charge >= 0.3 is 0 Å². The first-order chi connectivity index (χ1) is 9.83. The number of hydrogen-bond acceptors (Lipinski definition) is 3. The highest BCUT2D eigenvalue weighted by atomic mass is 32.2. The van der Waals surface area contributed by atoms with Gasteiger partial charge in [-0.3, -0.25) is 4.72 Å². The van der Waals surface area contributed by atoms with Crippen LogP contribution in [0, 0.1) is 19.7 Å². The zero-order valence-corrected chi connectivity index (χ0v) is 12.7. The van der Waals surface area contributed by atoms with Crippen LogP contribution in [0.1, 0.15) is 16.7 Å². The second kappa shape index (κ2) is 5.83. The highest BCUT2D eigenvalue weighted by Crippen LogP contribution is 2.21. The molecule has 0 unspecified atom stereocenters. The third-order valence-corrected chi connectivity index (χ3v) is 4.58. The maximum absolute atomic E-state index is 13.8. The van der Waals surface area contributed by atoms with Crippen molar-refractivity contribution in [3.63, 3.8) is 0 Å². The molecule has 0 saturated carbocycles. The quantitative estimate of drug-likeness (QED) is 0.912. The van der Waals surface area contributed by atoms with Crippen molar-refractivity contribution in [2.24, 2.45) is 5.73 Å². The molecule has 2 aromatic carbocycles. The van der Waals surface area contributed by atoms with E-state index in [0.717, 1.165) is 16.7 Å². The fourth-order valence-corrected chi connectivity index (χ4v) is 3.06. The van der Waals surface area contributed by atoms with E-state index in [1.807, 2.05) is 6.92 Å². The Labute approximate surface area is 123 Å². The van der Waals surface area contributed by atoms with Crippen molar-refractivity contribution >= 4 is 15.7 Å². The van der Waals surface area contributed by atoms with Gasteiger partial charge in [0.1, 0.15) is 5.82 Å². The molecular weight excluding hydrogens is 291 g/mol. The molecule has 112 valence electrons. The van der Waals surface area contributed by atoms with Crippen molar-refractivity contribution in [2.45, 2.75) is 25.3 Å². The van der Waals surface area contributed by atoms with Gasteiger partial charge in [-0.15, -0.1) is 0 Å². The predicted octanol–water partition coefficient (Wildman–Crippen LogP) is 2.70. The second-order valence-electron chi connectivity index (χ2n) is 4.88. The molecule has 21 heavy (non-hydrogen) atoms. The van der Waals surface area contributed by atoms with E-state index in [1.165, 1.54) is 24.3 Å². The number of benzene rings is 2. The first-order valence-electron chi connectivity index (χ1n) is 6.42. The normalized spacial score (nSPS) is 11.4. The first kappa shape index (κ1) is 15.5. The first-order valence-corrected chi connectivity index (χ1v) is 7.90. The topological polar surface area (TPSA) is 72.2 Å². The van der Waals surface area contributed by atoms with E-state index < -0.39 is 15.8 Å². The Bertz CT molecular complexity index is 773. The van der Waals surface area contributed by atoms with E-state index in [4.69, 9.17) is 5.73 Å². The summed E-state index contributed by atoms with van der Waals surface area (Å²) in [5.74, 6) is -0.607. The lowest BCUT2D eigenvalue weighted by Crippen LogP contribution is -2.15. The molecule has 0 aromatic heterocycles. The standard InChI is InChI=1S/C15H17FN2O2S/c1-10-3-6-15(14(16)7-10)18-21(19,20)13-5-4-11(2)12(8-13)9-17/h3-8,18H,9,17H2,1-2H3. The largest absolute Gasteiger partial charge is 0.326 e. The molecule has 0 heterocycles. The molecule has 0 atom stereocenters. The number of nitrogens with one attached hydrogen (secondary N) is 1. The number of anilines is 1. The van der Waals surface area contributed by atoms with Gasteiger partial charge in [0, 0.05) is 6.54 Å². The molecule has 2 aromatic rings. The summed E-state index contributed by atoms with van der Waals surface area (Å²) in [6.45, 7) is 3.83. The third kappa shape index (κ3) is 3.40. The van der Waals surface area contributed by atoms with Crippen LogP contribution in [-0.4, -0.2) is 8.42 Å². The lowest BCUT2D eigenvalue weighted by atomic mass is 10.1. The molecule has 0 aliphatic rings. The fourth-order valence-electron chi connectivity index (χ4n) is 1.94. The van der Waals surface area contributed by atoms with Crippen LogP contribution in [0.25, 0.3) is 0 Å². The Morgan fingerprint density at radius 2 is 1.86 bits per heavy atom. The molecule has 0 fully saturated rings. The van der Waals surface area contributed by atoms with Crippen molar-refractivity contribution in [1.82, 2.24) is 0 Å². The summed E-state index contributed by atoms with van der Waals surface area (Å²) in [5.41, 5.74) is 7.88. The number of halogens is 1. The van der Waals surface area contributed by atoms with Crippen LogP contribution in [0.2, 0.25) is 0 Å². The molecule has 0 spiro atoms. The summed E-state index contributed by atoms with van der Waals surface area (Å²) < 4.78 is 40.6. The fraction of sp³-hybridized carbons (Fsp3) is 0.200. The van der Waals surface area contributed by atoms with E-state index in [-0.39, 0.29) is 17.1 Å². The van der Waals surface area contributed by atoms with Crippen LogP contribution in [-0.2, 0) is 16.6 Å². The van der Waals surface area contributed by atoms with Crippen LogP contribution in [0.3, 0.4) is 0 Å².